The fraction of sp³-hybridized carbons (Fsp3) is 0.385. The van der Waals surface area contributed by atoms with Crippen LogP contribution >= 0.6 is 0 Å². The predicted molar refractivity (Wildman–Crippen MR) is 68.1 cm³/mol. The summed E-state index contributed by atoms with van der Waals surface area (Å²) in [5.74, 6) is 1.30. The van der Waals surface area contributed by atoms with Gasteiger partial charge in [0.05, 0.1) is 5.69 Å². The van der Waals surface area contributed by atoms with Crippen LogP contribution in [0.4, 0.5) is 0 Å². The second kappa shape index (κ2) is 4.67. The van der Waals surface area contributed by atoms with Crippen LogP contribution < -0.4 is 5.73 Å². The summed E-state index contributed by atoms with van der Waals surface area (Å²) in [6, 6.07) is 4.09. The maximum atomic E-state index is 5.59. The van der Waals surface area contributed by atoms with Gasteiger partial charge in [0, 0.05) is 18.9 Å². The molecule has 0 saturated carbocycles. The first-order valence-corrected chi connectivity index (χ1v) is 5.83. The Morgan fingerprint density at radius 1 is 1.41 bits per heavy atom. The molecule has 0 aliphatic carbocycles. The zero-order valence-electron chi connectivity index (χ0n) is 10.5. The molecule has 0 spiro atoms. The molecule has 0 fully saturated rings. The summed E-state index contributed by atoms with van der Waals surface area (Å²) in [7, 11) is 0. The van der Waals surface area contributed by atoms with Gasteiger partial charge in [-0.2, -0.15) is 5.10 Å². The Bertz CT molecular complexity index is 514. The fourth-order valence-corrected chi connectivity index (χ4v) is 1.74. The Kier molecular flexibility index (Phi) is 3.24. The molecule has 0 atom stereocenters. The molecule has 0 saturated heterocycles. The highest BCUT2D eigenvalue weighted by atomic mass is 15.3. The van der Waals surface area contributed by atoms with E-state index >= 15 is 0 Å². The Morgan fingerprint density at radius 3 is 2.71 bits per heavy atom. The van der Waals surface area contributed by atoms with E-state index in [2.05, 4.69) is 30.0 Å². The number of nitrogens with two attached hydrogens (primary N) is 1. The van der Waals surface area contributed by atoms with E-state index in [1.54, 1.807) is 6.20 Å². The van der Waals surface area contributed by atoms with E-state index in [1.165, 1.54) is 0 Å². The van der Waals surface area contributed by atoms with Gasteiger partial charge in [-0.15, -0.1) is 0 Å². The molecule has 2 rings (SSSR count). The topological polar surface area (TPSA) is 56.7 Å². The average molecular weight is 230 g/mol. The van der Waals surface area contributed by atoms with Gasteiger partial charge in [-0.25, -0.2) is 9.67 Å². The average Bonchev–Trinajstić information content (AvgIpc) is 2.78. The number of aryl methyl sites for hydroxylation is 1. The molecule has 0 aliphatic rings. The minimum atomic E-state index is 0.430. The zero-order chi connectivity index (χ0) is 12.4. The van der Waals surface area contributed by atoms with Gasteiger partial charge in [0.2, 0.25) is 0 Å². The van der Waals surface area contributed by atoms with E-state index in [9.17, 15) is 0 Å². The monoisotopic (exact) mass is 230 g/mol. The minimum Gasteiger partial charge on any atom is -0.326 e. The standard InChI is InChI=1S/C13H18N4/c1-9(2)12-4-5-17(16-12)13-10(3)6-11(7-14)8-15-13/h4-6,8-9H,7,14H2,1-3H3. The largest absolute Gasteiger partial charge is 0.326 e. The molecule has 4 heteroatoms. The normalized spacial score (nSPS) is 11.1. The Morgan fingerprint density at radius 2 is 2.18 bits per heavy atom. The second-order valence-corrected chi connectivity index (χ2v) is 4.53. The molecule has 0 aromatic carbocycles. The second-order valence-electron chi connectivity index (χ2n) is 4.53. The number of aromatic nitrogens is 3. The Hall–Kier alpha value is -1.68. The summed E-state index contributed by atoms with van der Waals surface area (Å²) in [6.45, 7) is 6.80. The van der Waals surface area contributed by atoms with Crippen molar-refractivity contribution in [3.05, 3.63) is 41.3 Å². The molecule has 4 nitrogen and oxygen atoms in total. The van der Waals surface area contributed by atoms with Crippen LogP contribution in [-0.2, 0) is 6.54 Å². The van der Waals surface area contributed by atoms with Crippen LogP contribution in [0.25, 0.3) is 5.82 Å². The number of nitrogens with zero attached hydrogens (tertiary/aromatic N) is 3. The van der Waals surface area contributed by atoms with Crippen LogP contribution in [-0.4, -0.2) is 14.8 Å². The van der Waals surface area contributed by atoms with E-state index in [1.807, 2.05) is 23.9 Å². The Labute approximate surface area is 101 Å². The molecule has 0 aliphatic heterocycles. The SMILES string of the molecule is Cc1cc(CN)cnc1-n1ccc(C(C)C)n1. The lowest BCUT2D eigenvalue weighted by molar-refractivity contribution is 0.753. The van der Waals surface area contributed by atoms with E-state index in [-0.39, 0.29) is 0 Å². The summed E-state index contributed by atoms with van der Waals surface area (Å²) < 4.78 is 1.82. The smallest absolute Gasteiger partial charge is 0.156 e. The molecule has 0 bridgehead atoms. The molecule has 2 heterocycles. The van der Waals surface area contributed by atoms with Crippen molar-refractivity contribution in [2.45, 2.75) is 33.2 Å². The van der Waals surface area contributed by atoms with Crippen molar-refractivity contribution in [2.24, 2.45) is 5.73 Å². The number of hydrogen-bond donors (Lipinski definition) is 1. The van der Waals surface area contributed by atoms with Crippen molar-refractivity contribution >= 4 is 0 Å². The highest BCUT2D eigenvalue weighted by molar-refractivity contribution is 5.34. The van der Waals surface area contributed by atoms with Crippen molar-refractivity contribution in [1.29, 1.82) is 0 Å². The highest BCUT2D eigenvalue weighted by Gasteiger charge is 2.08. The predicted octanol–water partition coefficient (Wildman–Crippen LogP) is 2.16. The molecule has 17 heavy (non-hydrogen) atoms. The van der Waals surface area contributed by atoms with E-state index in [0.717, 1.165) is 22.6 Å². The lowest BCUT2D eigenvalue weighted by Gasteiger charge is -2.06. The number of hydrogen-bond acceptors (Lipinski definition) is 3. The third kappa shape index (κ3) is 2.36. The lowest BCUT2D eigenvalue weighted by Crippen LogP contribution is -2.05. The van der Waals surface area contributed by atoms with Gasteiger partial charge in [0.1, 0.15) is 0 Å². The summed E-state index contributed by atoms with van der Waals surface area (Å²) >= 11 is 0. The molecule has 0 radical (unpaired) electrons. The van der Waals surface area contributed by atoms with E-state index in [4.69, 9.17) is 5.73 Å². The minimum absolute atomic E-state index is 0.430. The maximum absolute atomic E-state index is 5.59. The molecule has 90 valence electrons. The molecule has 2 aromatic heterocycles. The third-order valence-corrected chi connectivity index (χ3v) is 2.76. The van der Waals surface area contributed by atoms with Gasteiger partial charge >= 0.3 is 0 Å². The first-order valence-electron chi connectivity index (χ1n) is 5.83. The summed E-state index contributed by atoms with van der Waals surface area (Å²) in [6.07, 6.45) is 3.76. The van der Waals surface area contributed by atoms with Crippen molar-refractivity contribution < 1.29 is 0 Å². The molecule has 2 aromatic rings. The quantitative estimate of drug-likeness (QED) is 0.879. The van der Waals surface area contributed by atoms with Gasteiger partial charge in [-0.05, 0) is 36.1 Å². The van der Waals surface area contributed by atoms with Crippen LogP contribution in [0, 0.1) is 6.92 Å². The molecule has 0 unspecified atom stereocenters. The van der Waals surface area contributed by atoms with Crippen LogP contribution in [0.15, 0.2) is 24.5 Å². The highest BCUT2D eigenvalue weighted by Crippen LogP contribution is 2.15. The first-order chi connectivity index (χ1) is 8.11. The Balaban J connectivity index is 2.38. The van der Waals surface area contributed by atoms with Crippen molar-refractivity contribution in [3.63, 3.8) is 0 Å². The van der Waals surface area contributed by atoms with Gasteiger partial charge in [0.25, 0.3) is 0 Å². The molecular formula is C13H18N4. The van der Waals surface area contributed by atoms with Crippen molar-refractivity contribution in [3.8, 4) is 5.82 Å². The number of rotatable bonds is 3. The summed E-state index contributed by atoms with van der Waals surface area (Å²) in [4.78, 5) is 4.41. The molecule has 0 amide bonds. The summed E-state index contributed by atoms with van der Waals surface area (Å²) in [5, 5.41) is 4.52. The molecular weight excluding hydrogens is 212 g/mol. The van der Waals surface area contributed by atoms with Crippen LogP contribution in [0.5, 0.6) is 0 Å². The lowest BCUT2D eigenvalue weighted by atomic mass is 10.1. The first kappa shape index (κ1) is 11.8. The van der Waals surface area contributed by atoms with E-state index in [0.29, 0.717) is 12.5 Å². The molecule has 2 N–H and O–H groups in total. The van der Waals surface area contributed by atoms with Gasteiger partial charge in [-0.3, -0.25) is 0 Å². The van der Waals surface area contributed by atoms with Crippen LogP contribution in [0.2, 0.25) is 0 Å². The van der Waals surface area contributed by atoms with Crippen LogP contribution in [0.1, 0.15) is 36.6 Å². The zero-order valence-corrected chi connectivity index (χ0v) is 10.5. The van der Waals surface area contributed by atoms with Crippen molar-refractivity contribution in [1.82, 2.24) is 14.8 Å². The van der Waals surface area contributed by atoms with Gasteiger partial charge in [0.15, 0.2) is 5.82 Å². The third-order valence-electron chi connectivity index (χ3n) is 2.76. The maximum Gasteiger partial charge on any atom is 0.156 e. The van der Waals surface area contributed by atoms with Gasteiger partial charge < -0.3 is 5.73 Å². The van der Waals surface area contributed by atoms with Crippen molar-refractivity contribution in [2.75, 3.05) is 0 Å². The fourth-order valence-electron chi connectivity index (χ4n) is 1.74. The summed E-state index contributed by atoms with van der Waals surface area (Å²) in [5.41, 5.74) is 8.80. The van der Waals surface area contributed by atoms with Gasteiger partial charge in [-0.1, -0.05) is 13.8 Å². The van der Waals surface area contributed by atoms with E-state index < -0.39 is 0 Å². The number of pyridine rings is 1. The van der Waals surface area contributed by atoms with Crippen LogP contribution in [0.3, 0.4) is 0 Å².